The molecule has 0 fully saturated rings. The summed E-state index contributed by atoms with van der Waals surface area (Å²) < 4.78 is 1.02. The summed E-state index contributed by atoms with van der Waals surface area (Å²) in [7, 11) is 0. The van der Waals surface area contributed by atoms with Crippen LogP contribution >= 0.6 is 15.9 Å². The van der Waals surface area contributed by atoms with E-state index in [2.05, 4.69) is 61.7 Å². The summed E-state index contributed by atoms with van der Waals surface area (Å²) in [5.41, 5.74) is 3.17. The minimum atomic E-state index is 0.420. The van der Waals surface area contributed by atoms with E-state index < -0.39 is 0 Å². The lowest BCUT2D eigenvalue weighted by atomic mass is 10.0. The molecule has 0 bridgehead atoms. The number of rotatable bonds is 5. The van der Waals surface area contributed by atoms with Gasteiger partial charge in [0, 0.05) is 15.8 Å². The summed E-state index contributed by atoms with van der Waals surface area (Å²) in [4.78, 5) is 4.48. The Morgan fingerprint density at radius 2 is 1.71 bits per heavy atom. The molecule has 0 aliphatic carbocycles. The number of aromatic nitrogens is 3. The summed E-state index contributed by atoms with van der Waals surface area (Å²) >= 11 is 3.42. The van der Waals surface area contributed by atoms with Gasteiger partial charge in [-0.1, -0.05) is 48.0 Å². The van der Waals surface area contributed by atoms with Crippen LogP contribution in [0.3, 0.4) is 0 Å². The highest BCUT2D eigenvalue weighted by molar-refractivity contribution is 9.10. The van der Waals surface area contributed by atoms with Gasteiger partial charge in [0.1, 0.15) is 0 Å². The molecule has 0 amide bonds. The SMILES string of the molecule is CC(C)c1ccccc1Nc1cnnc(Nc2ccc(Br)cc2)n1. The second-order valence-corrected chi connectivity index (χ2v) is 6.58. The van der Waals surface area contributed by atoms with Crippen molar-refractivity contribution >= 4 is 39.1 Å². The van der Waals surface area contributed by atoms with Crippen LogP contribution in [0, 0.1) is 0 Å². The van der Waals surface area contributed by atoms with Gasteiger partial charge < -0.3 is 10.6 Å². The molecule has 0 atom stereocenters. The smallest absolute Gasteiger partial charge is 0.249 e. The third-order valence-electron chi connectivity index (χ3n) is 3.50. The number of hydrogen-bond acceptors (Lipinski definition) is 5. The zero-order valence-corrected chi connectivity index (χ0v) is 15.1. The molecule has 6 heteroatoms. The predicted octanol–water partition coefficient (Wildman–Crippen LogP) is 5.24. The lowest BCUT2D eigenvalue weighted by Gasteiger charge is -2.14. The summed E-state index contributed by atoms with van der Waals surface area (Å²) in [5.74, 6) is 1.52. The van der Waals surface area contributed by atoms with Crippen LogP contribution in [-0.4, -0.2) is 15.2 Å². The van der Waals surface area contributed by atoms with E-state index in [0.29, 0.717) is 17.7 Å². The molecule has 0 aliphatic heterocycles. The van der Waals surface area contributed by atoms with E-state index in [1.807, 2.05) is 42.5 Å². The average Bonchev–Trinajstić information content (AvgIpc) is 2.58. The largest absolute Gasteiger partial charge is 0.339 e. The summed E-state index contributed by atoms with van der Waals surface area (Å²) in [6.07, 6.45) is 1.61. The Labute approximate surface area is 149 Å². The predicted molar refractivity (Wildman–Crippen MR) is 101 cm³/mol. The topological polar surface area (TPSA) is 62.7 Å². The lowest BCUT2D eigenvalue weighted by Crippen LogP contribution is -2.04. The standard InChI is InChI=1S/C18H18BrN5/c1-12(2)15-5-3-4-6-16(15)22-17-11-20-24-18(23-17)21-14-9-7-13(19)8-10-14/h3-12H,1-2H3,(H2,21,22,23,24). The maximum absolute atomic E-state index is 4.48. The molecule has 3 rings (SSSR count). The molecule has 3 aromatic rings. The van der Waals surface area contributed by atoms with Crippen molar-refractivity contribution in [2.75, 3.05) is 10.6 Å². The van der Waals surface area contributed by atoms with E-state index in [1.165, 1.54) is 5.56 Å². The van der Waals surface area contributed by atoms with Crippen LogP contribution in [0.25, 0.3) is 0 Å². The van der Waals surface area contributed by atoms with Crippen molar-refractivity contribution in [3.63, 3.8) is 0 Å². The second kappa shape index (κ2) is 7.40. The molecule has 122 valence electrons. The van der Waals surface area contributed by atoms with E-state index in [1.54, 1.807) is 6.20 Å². The molecule has 1 heterocycles. The highest BCUT2D eigenvalue weighted by atomic mass is 79.9. The van der Waals surface area contributed by atoms with Gasteiger partial charge in [0.2, 0.25) is 5.95 Å². The number of hydrogen-bond donors (Lipinski definition) is 2. The van der Waals surface area contributed by atoms with Crippen LogP contribution < -0.4 is 10.6 Å². The van der Waals surface area contributed by atoms with Gasteiger partial charge in [-0.2, -0.15) is 10.1 Å². The van der Waals surface area contributed by atoms with Gasteiger partial charge in [-0.3, -0.25) is 0 Å². The fraction of sp³-hybridized carbons (Fsp3) is 0.167. The first-order chi connectivity index (χ1) is 11.6. The second-order valence-electron chi connectivity index (χ2n) is 5.66. The third-order valence-corrected chi connectivity index (χ3v) is 4.03. The average molecular weight is 384 g/mol. The lowest BCUT2D eigenvalue weighted by molar-refractivity contribution is 0.868. The number of halogens is 1. The number of para-hydroxylation sites is 1. The molecule has 0 saturated carbocycles. The van der Waals surface area contributed by atoms with Crippen molar-refractivity contribution in [3.05, 3.63) is 64.8 Å². The summed E-state index contributed by atoms with van der Waals surface area (Å²) in [6, 6.07) is 16.0. The van der Waals surface area contributed by atoms with Crippen LogP contribution in [0.4, 0.5) is 23.1 Å². The molecule has 0 saturated heterocycles. The highest BCUT2D eigenvalue weighted by Gasteiger charge is 2.08. The first-order valence-corrected chi connectivity index (χ1v) is 8.49. The number of nitrogens with one attached hydrogen (secondary N) is 2. The maximum atomic E-state index is 4.48. The fourth-order valence-electron chi connectivity index (χ4n) is 2.33. The minimum absolute atomic E-state index is 0.420. The molecular weight excluding hydrogens is 366 g/mol. The van der Waals surface area contributed by atoms with Crippen molar-refractivity contribution in [2.24, 2.45) is 0 Å². The first-order valence-electron chi connectivity index (χ1n) is 7.70. The number of anilines is 4. The van der Waals surface area contributed by atoms with Gasteiger partial charge in [-0.15, -0.1) is 5.10 Å². The van der Waals surface area contributed by atoms with Gasteiger partial charge >= 0.3 is 0 Å². The van der Waals surface area contributed by atoms with Crippen LogP contribution in [0.1, 0.15) is 25.3 Å². The molecule has 0 radical (unpaired) electrons. The molecule has 0 unspecified atom stereocenters. The van der Waals surface area contributed by atoms with Crippen molar-refractivity contribution < 1.29 is 0 Å². The summed E-state index contributed by atoms with van der Waals surface area (Å²) in [6.45, 7) is 4.33. The van der Waals surface area contributed by atoms with Crippen molar-refractivity contribution in [3.8, 4) is 0 Å². The van der Waals surface area contributed by atoms with Gasteiger partial charge in [0.05, 0.1) is 6.20 Å². The molecule has 1 aromatic heterocycles. The molecule has 2 N–H and O–H groups in total. The van der Waals surface area contributed by atoms with Gasteiger partial charge in [0.25, 0.3) is 0 Å². The molecule has 0 aliphatic rings. The van der Waals surface area contributed by atoms with Crippen LogP contribution in [0.2, 0.25) is 0 Å². The number of benzene rings is 2. The van der Waals surface area contributed by atoms with E-state index in [9.17, 15) is 0 Å². The van der Waals surface area contributed by atoms with Crippen LogP contribution in [0.5, 0.6) is 0 Å². The van der Waals surface area contributed by atoms with E-state index in [4.69, 9.17) is 0 Å². The highest BCUT2D eigenvalue weighted by Crippen LogP contribution is 2.26. The quantitative estimate of drug-likeness (QED) is 0.630. The Morgan fingerprint density at radius 3 is 2.46 bits per heavy atom. The normalized spacial score (nSPS) is 10.7. The zero-order chi connectivity index (χ0) is 16.9. The Morgan fingerprint density at radius 1 is 0.958 bits per heavy atom. The molecule has 24 heavy (non-hydrogen) atoms. The monoisotopic (exact) mass is 383 g/mol. The minimum Gasteiger partial charge on any atom is -0.339 e. The van der Waals surface area contributed by atoms with Gasteiger partial charge in [-0.25, -0.2) is 0 Å². The van der Waals surface area contributed by atoms with E-state index in [0.717, 1.165) is 15.8 Å². The zero-order valence-electron chi connectivity index (χ0n) is 13.5. The van der Waals surface area contributed by atoms with Crippen molar-refractivity contribution in [1.29, 1.82) is 0 Å². The Balaban J connectivity index is 1.80. The van der Waals surface area contributed by atoms with Crippen LogP contribution in [0.15, 0.2) is 59.2 Å². The summed E-state index contributed by atoms with van der Waals surface area (Å²) in [5, 5.41) is 14.5. The molecule has 2 aromatic carbocycles. The maximum Gasteiger partial charge on any atom is 0.249 e. The van der Waals surface area contributed by atoms with Gasteiger partial charge in [0.15, 0.2) is 5.82 Å². The molecule has 5 nitrogen and oxygen atoms in total. The molecule has 0 spiro atoms. The Bertz CT molecular complexity index is 818. The van der Waals surface area contributed by atoms with E-state index in [-0.39, 0.29) is 0 Å². The first kappa shape index (κ1) is 16.4. The van der Waals surface area contributed by atoms with Gasteiger partial charge in [-0.05, 0) is 41.8 Å². The van der Waals surface area contributed by atoms with E-state index >= 15 is 0 Å². The number of nitrogens with zero attached hydrogens (tertiary/aromatic N) is 3. The Kier molecular flexibility index (Phi) is 5.05. The van der Waals surface area contributed by atoms with Crippen molar-refractivity contribution in [2.45, 2.75) is 19.8 Å². The van der Waals surface area contributed by atoms with Crippen molar-refractivity contribution in [1.82, 2.24) is 15.2 Å². The Hall–Kier alpha value is -2.47. The molecular formula is C18H18BrN5. The van der Waals surface area contributed by atoms with Crippen LogP contribution in [-0.2, 0) is 0 Å². The third kappa shape index (κ3) is 4.08. The fourth-order valence-corrected chi connectivity index (χ4v) is 2.60.